The van der Waals surface area contributed by atoms with Crippen LogP contribution in [0.15, 0.2) is 0 Å². The largest absolute Gasteiger partial charge is 0.375 e. The fraction of sp³-hybridized carbons (Fsp3) is 0.933. The van der Waals surface area contributed by atoms with E-state index >= 15 is 0 Å². The normalized spacial score (nSPS) is 32.9. The zero-order valence-corrected chi connectivity index (χ0v) is 13.0. The summed E-state index contributed by atoms with van der Waals surface area (Å²) in [6.45, 7) is 13.1. The first kappa shape index (κ1) is 14.8. The monoisotopic (exact) mass is 268 g/mol. The molecule has 0 N–H and O–H groups in total. The molecule has 0 aliphatic carbocycles. The number of amides is 1. The Balaban J connectivity index is 2.17. The number of piperidine rings is 1. The van der Waals surface area contributed by atoms with Gasteiger partial charge in [-0.3, -0.25) is 9.69 Å². The fourth-order valence-electron chi connectivity index (χ4n) is 3.24. The lowest BCUT2D eigenvalue weighted by Gasteiger charge is -2.50. The molecule has 2 fully saturated rings. The Morgan fingerprint density at radius 1 is 1.37 bits per heavy atom. The lowest BCUT2D eigenvalue weighted by atomic mass is 9.93. The minimum Gasteiger partial charge on any atom is -0.375 e. The van der Waals surface area contributed by atoms with Crippen LogP contribution in [-0.2, 0) is 9.53 Å². The quantitative estimate of drug-likeness (QED) is 0.766. The van der Waals surface area contributed by atoms with Crippen molar-refractivity contribution in [1.29, 1.82) is 0 Å². The number of hydrogen-bond acceptors (Lipinski definition) is 3. The summed E-state index contributed by atoms with van der Waals surface area (Å²) >= 11 is 0. The van der Waals surface area contributed by atoms with E-state index in [-0.39, 0.29) is 17.7 Å². The first-order valence-electron chi connectivity index (χ1n) is 7.52. The summed E-state index contributed by atoms with van der Waals surface area (Å²) in [5, 5.41) is 0. The minimum absolute atomic E-state index is 0.0394. The molecule has 0 spiro atoms. The van der Waals surface area contributed by atoms with Crippen LogP contribution in [0, 0.1) is 0 Å². The van der Waals surface area contributed by atoms with Crippen LogP contribution in [0.3, 0.4) is 0 Å². The van der Waals surface area contributed by atoms with Gasteiger partial charge in [0.15, 0.2) is 0 Å². The number of carbonyl (C=O) groups excluding carboxylic acids is 1. The Labute approximate surface area is 117 Å². The third-order valence-corrected chi connectivity index (χ3v) is 4.40. The van der Waals surface area contributed by atoms with E-state index in [0.29, 0.717) is 18.6 Å². The Kier molecular flexibility index (Phi) is 4.21. The zero-order valence-electron chi connectivity index (χ0n) is 13.0. The highest BCUT2D eigenvalue weighted by Crippen LogP contribution is 2.29. The smallest absolute Gasteiger partial charge is 0.240 e. The highest BCUT2D eigenvalue weighted by molar-refractivity contribution is 5.83. The third kappa shape index (κ3) is 2.95. The lowest BCUT2D eigenvalue weighted by molar-refractivity contribution is -0.156. The number of morpholine rings is 1. The molecule has 4 nitrogen and oxygen atoms in total. The van der Waals surface area contributed by atoms with Crippen LogP contribution >= 0.6 is 0 Å². The molecule has 0 saturated carbocycles. The number of likely N-dealkylation sites (tertiary alicyclic amines) is 1. The Morgan fingerprint density at radius 2 is 2.05 bits per heavy atom. The van der Waals surface area contributed by atoms with Crippen molar-refractivity contribution in [1.82, 2.24) is 9.80 Å². The summed E-state index contributed by atoms with van der Waals surface area (Å²) in [5.41, 5.74) is -0.0488. The second kappa shape index (κ2) is 5.41. The van der Waals surface area contributed by atoms with Gasteiger partial charge in [0.05, 0.1) is 18.8 Å². The van der Waals surface area contributed by atoms with Crippen molar-refractivity contribution >= 4 is 5.91 Å². The molecule has 2 saturated heterocycles. The minimum atomic E-state index is -0.0488. The van der Waals surface area contributed by atoms with Crippen LogP contribution in [-0.4, -0.2) is 59.1 Å². The summed E-state index contributed by atoms with van der Waals surface area (Å²) in [7, 11) is 0. The van der Waals surface area contributed by atoms with Crippen LogP contribution in [0.25, 0.3) is 0 Å². The van der Waals surface area contributed by atoms with E-state index in [1.165, 1.54) is 0 Å². The average Bonchev–Trinajstić information content (AvgIpc) is 2.33. The Hall–Kier alpha value is -0.610. The molecule has 0 unspecified atom stereocenters. The van der Waals surface area contributed by atoms with Gasteiger partial charge in [-0.05, 0) is 47.5 Å². The molecular weight excluding hydrogens is 240 g/mol. The highest BCUT2D eigenvalue weighted by Gasteiger charge is 2.43. The molecule has 2 atom stereocenters. The standard InChI is InChI=1S/C15H28N2O2/c1-11(2)16-8-6-7-13(14(16)18)17-9-12(3)19-10-15(17,4)5/h11-13H,6-10H2,1-5H3/t12-,13+/m1/s1. The zero-order chi connectivity index (χ0) is 14.2. The van der Waals surface area contributed by atoms with Crippen molar-refractivity contribution in [2.24, 2.45) is 0 Å². The van der Waals surface area contributed by atoms with Crippen LogP contribution in [0.2, 0.25) is 0 Å². The van der Waals surface area contributed by atoms with E-state index in [4.69, 9.17) is 4.74 Å². The van der Waals surface area contributed by atoms with Crippen molar-refractivity contribution in [3.05, 3.63) is 0 Å². The summed E-state index contributed by atoms with van der Waals surface area (Å²) < 4.78 is 5.76. The Bertz CT molecular complexity index is 341. The molecule has 2 heterocycles. The highest BCUT2D eigenvalue weighted by atomic mass is 16.5. The number of ether oxygens (including phenoxy) is 1. The molecule has 0 radical (unpaired) electrons. The molecule has 4 heteroatoms. The van der Waals surface area contributed by atoms with Crippen molar-refractivity contribution < 1.29 is 9.53 Å². The molecule has 0 aromatic carbocycles. The second-order valence-corrected chi connectivity index (χ2v) is 6.87. The maximum absolute atomic E-state index is 12.7. The molecule has 2 aliphatic rings. The van der Waals surface area contributed by atoms with Gasteiger partial charge in [-0.15, -0.1) is 0 Å². The van der Waals surface area contributed by atoms with Gasteiger partial charge in [0.2, 0.25) is 5.91 Å². The lowest BCUT2D eigenvalue weighted by Crippen LogP contribution is -2.64. The first-order chi connectivity index (χ1) is 8.83. The summed E-state index contributed by atoms with van der Waals surface area (Å²) in [4.78, 5) is 17.1. The van der Waals surface area contributed by atoms with Gasteiger partial charge < -0.3 is 9.64 Å². The maximum Gasteiger partial charge on any atom is 0.240 e. The SMILES string of the molecule is CC(C)N1CCC[C@H](N2C[C@@H](C)OCC2(C)C)C1=O. The first-order valence-corrected chi connectivity index (χ1v) is 7.52. The molecule has 19 heavy (non-hydrogen) atoms. The molecule has 2 rings (SSSR count). The van der Waals surface area contributed by atoms with E-state index in [2.05, 4.69) is 39.5 Å². The van der Waals surface area contributed by atoms with Crippen LogP contribution in [0.5, 0.6) is 0 Å². The molecule has 0 bridgehead atoms. The van der Waals surface area contributed by atoms with Gasteiger partial charge in [0.25, 0.3) is 0 Å². The van der Waals surface area contributed by atoms with Gasteiger partial charge in [0.1, 0.15) is 0 Å². The number of hydrogen-bond donors (Lipinski definition) is 0. The molecular formula is C15H28N2O2. The molecule has 1 amide bonds. The van der Waals surface area contributed by atoms with Gasteiger partial charge >= 0.3 is 0 Å². The Morgan fingerprint density at radius 3 is 2.68 bits per heavy atom. The maximum atomic E-state index is 12.7. The number of nitrogens with zero attached hydrogens (tertiary/aromatic N) is 2. The van der Waals surface area contributed by atoms with Gasteiger partial charge in [-0.25, -0.2) is 0 Å². The van der Waals surface area contributed by atoms with Crippen LogP contribution in [0.4, 0.5) is 0 Å². The molecule has 2 aliphatic heterocycles. The predicted octanol–water partition coefficient (Wildman–Crippen LogP) is 1.89. The predicted molar refractivity (Wildman–Crippen MR) is 76.1 cm³/mol. The van der Waals surface area contributed by atoms with Gasteiger partial charge in [-0.2, -0.15) is 0 Å². The number of rotatable bonds is 2. The number of carbonyl (C=O) groups is 1. The van der Waals surface area contributed by atoms with Gasteiger partial charge in [0, 0.05) is 24.7 Å². The van der Waals surface area contributed by atoms with E-state index in [0.717, 1.165) is 25.9 Å². The summed E-state index contributed by atoms with van der Waals surface area (Å²) in [6.07, 6.45) is 2.31. The average molecular weight is 268 g/mol. The summed E-state index contributed by atoms with van der Waals surface area (Å²) in [6, 6.07) is 0.342. The van der Waals surface area contributed by atoms with Crippen molar-refractivity contribution in [3.8, 4) is 0 Å². The second-order valence-electron chi connectivity index (χ2n) is 6.87. The van der Waals surface area contributed by atoms with Gasteiger partial charge in [-0.1, -0.05) is 0 Å². The summed E-state index contributed by atoms with van der Waals surface area (Å²) in [5.74, 6) is 0.309. The van der Waals surface area contributed by atoms with E-state index in [1.807, 2.05) is 4.90 Å². The molecule has 0 aromatic heterocycles. The molecule has 0 aromatic rings. The third-order valence-electron chi connectivity index (χ3n) is 4.40. The van der Waals surface area contributed by atoms with E-state index in [1.54, 1.807) is 0 Å². The van der Waals surface area contributed by atoms with Crippen LogP contribution in [0.1, 0.15) is 47.5 Å². The van der Waals surface area contributed by atoms with E-state index in [9.17, 15) is 4.79 Å². The molecule has 110 valence electrons. The van der Waals surface area contributed by atoms with Crippen molar-refractivity contribution in [3.63, 3.8) is 0 Å². The van der Waals surface area contributed by atoms with Crippen molar-refractivity contribution in [2.45, 2.75) is 71.2 Å². The fourth-order valence-corrected chi connectivity index (χ4v) is 3.24. The van der Waals surface area contributed by atoms with Crippen LogP contribution < -0.4 is 0 Å². The topological polar surface area (TPSA) is 32.8 Å². The van der Waals surface area contributed by atoms with Crippen molar-refractivity contribution in [2.75, 3.05) is 19.7 Å². The van der Waals surface area contributed by atoms with E-state index < -0.39 is 0 Å².